The molecule has 104 valence electrons. The topological polar surface area (TPSA) is 88.3 Å². The van der Waals surface area contributed by atoms with Crippen LogP contribution in [-0.2, 0) is 9.53 Å². The van der Waals surface area contributed by atoms with Gasteiger partial charge in [-0.1, -0.05) is 0 Å². The Bertz CT molecular complexity index is 491. The minimum absolute atomic E-state index is 0.0246. The van der Waals surface area contributed by atoms with Gasteiger partial charge in [-0.05, 0) is 33.8 Å². The lowest BCUT2D eigenvalue weighted by Crippen LogP contribution is -2.39. The molecule has 0 aliphatic heterocycles. The molecule has 1 amide bonds. The lowest BCUT2D eigenvalue weighted by Gasteiger charge is -2.14. The van der Waals surface area contributed by atoms with E-state index in [9.17, 15) is 14.4 Å². The predicted molar refractivity (Wildman–Crippen MR) is 69.0 cm³/mol. The van der Waals surface area contributed by atoms with E-state index < -0.39 is 12.1 Å². The lowest BCUT2D eigenvalue weighted by atomic mass is 10.2. The average Bonchev–Trinajstić information content (AvgIpc) is 2.77. The second kappa shape index (κ2) is 6.17. The van der Waals surface area contributed by atoms with Crippen molar-refractivity contribution in [2.75, 3.05) is 0 Å². The Kier molecular flexibility index (Phi) is 4.86. The molecule has 0 unspecified atom stereocenters. The van der Waals surface area contributed by atoms with Gasteiger partial charge in [0.2, 0.25) is 0 Å². The van der Waals surface area contributed by atoms with E-state index in [1.54, 1.807) is 0 Å². The van der Waals surface area contributed by atoms with Crippen molar-refractivity contribution < 1.29 is 19.1 Å². The zero-order valence-electron chi connectivity index (χ0n) is 11.4. The molecule has 0 fully saturated rings. The average molecular weight is 266 g/mol. The molecule has 1 heterocycles. The molecule has 0 aliphatic rings. The van der Waals surface area contributed by atoms with Gasteiger partial charge in [-0.25, -0.2) is 4.79 Å². The summed E-state index contributed by atoms with van der Waals surface area (Å²) in [5.74, 6) is -1.18. The molecular weight excluding hydrogens is 248 g/mol. The number of aromatic amines is 1. The molecule has 0 radical (unpaired) electrons. The van der Waals surface area contributed by atoms with Crippen LogP contribution in [0.1, 0.15) is 48.5 Å². The van der Waals surface area contributed by atoms with Crippen LogP contribution >= 0.6 is 0 Å². The number of ether oxygens (including phenoxy) is 1. The highest BCUT2D eigenvalue weighted by molar-refractivity contribution is 5.98. The van der Waals surface area contributed by atoms with E-state index in [1.807, 2.05) is 13.8 Å². The van der Waals surface area contributed by atoms with Gasteiger partial charge in [-0.2, -0.15) is 0 Å². The van der Waals surface area contributed by atoms with Gasteiger partial charge in [0.25, 0.3) is 5.91 Å². The summed E-state index contributed by atoms with van der Waals surface area (Å²) in [4.78, 5) is 37.1. The van der Waals surface area contributed by atoms with Gasteiger partial charge in [0.15, 0.2) is 11.9 Å². The molecule has 6 heteroatoms. The number of rotatable bonds is 5. The van der Waals surface area contributed by atoms with E-state index in [0.29, 0.717) is 5.56 Å². The molecule has 6 nitrogen and oxygen atoms in total. The molecule has 0 bridgehead atoms. The van der Waals surface area contributed by atoms with Crippen molar-refractivity contribution in [2.24, 2.45) is 0 Å². The van der Waals surface area contributed by atoms with E-state index in [0.717, 1.165) is 0 Å². The molecule has 0 spiro atoms. The first-order valence-electron chi connectivity index (χ1n) is 6.02. The van der Waals surface area contributed by atoms with Crippen molar-refractivity contribution in [2.45, 2.75) is 39.8 Å². The number of H-pyrrole nitrogens is 1. The Morgan fingerprint density at radius 3 is 2.37 bits per heavy atom. The highest BCUT2D eigenvalue weighted by atomic mass is 16.5. The Balaban J connectivity index is 2.63. The van der Waals surface area contributed by atoms with Crippen molar-refractivity contribution in [3.05, 3.63) is 23.5 Å². The molecule has 19 heavy (non-hydrogen) atoms. The normalized spacial score (nSPS) is 12.1. The van der Waals surface area contributed by atoms with Gasteiger partial charge in [0, 0.05) is 17.8 Å². The van der Waals surface area contributed by atoms with Crippen molar-refractivity contribution in [1.29, 1.82) is 0 Å². The number of hydrogen-bond donors (Lipinski definition) is 2. The number of carbonyl (C=O) groups excluding carboxylic acids is 3. The quantitative estimate of drug-likeness (QED) is 0.621. The summed E-state index contributed by atoms with van der Waals surface area (Å²) in [6, 6.07) is 1.38. The van der Waals surface area contributed by atoms with Crippen LogP contribution in [0.25, 0.3) is 0 Å². The van der Waals surface area contributed by atoms with Crippen molar-refractivity contribution in [3.8, 4) is 0 Å². The summed E-state index contributed by atoms with van der Waals surface area (Å²) in [6.07, 6.45) is 0.539. The number of ketones is 1. The smallest absolute Gasteiger partial charge is 0.355 e. The lowest BCUT2D eigenvalue weighted by molar-refractivity contribution is -0.129. The fourth-order valence-electron chi connectivity index (χ4n) is 1.39. The second-order valence-corrected chi connectivity index (χ2v) is 4.57. The molecule has 1 aromatic rings. The van der Waals surface area contributed by atoms with Gasteiger partial charge >= 0.3 is 5.97 Å². The first-order chi connectivity index (χ1) is 8.81. The van der Waals surface area contributed by atoms with Gasteiger partial charge in [-0.15, -0.1) is 0 Å². The fourth-order valence-corrected chi connectivity index (χ4v) is 1.39. The van der Waals surface area contributed by atoms with Gasteiger partial charge in [0.1, 0.15) is 5.69 Å². The van der Waals surface area contributed by atoms with Gasteiger partial charge < -0.3 is 15.0 Å². The van der Waals surface area contributed by atoms with Crippen LogP contribution in [0.4, 0.5) is 0 Å². The molecule has 2 N–H and O–H groups in total. The number of amides is 1. The summed E-state index contributed by atoms with van der Waals surface area (Å²) < 4.78 is 5.00. The summed E-state index contributed by atoms with van der Waals surface area (Å²) >= 11 is 0. The second-order valence-electron chi connectivity index (χ2n) is 4.57. The number of hydrogen-bond acceptors (Lipinski definition) is 4. The Labute approximate surface area is 111 Å². The molecule has 1 rings (SSSR count). The van der Waals surface area contributed by atoms with Crippen LogP contribution < -0.4 is 5.32 Å². The van der Waals surface area contributed by atoms with E-state index in [1.165, 1.54) is 26.1 Å². The van der Waals surface area contributed by atoms with Crippen LogP contribution in [-0.4, -0.2) is 34.8 Å². The zero-order chi connectivity index (χ0) is 14.6. The Morgan fingerprint density at radius 2 is 1.89 bits per heavy atom. The number of nitrogens with one attached hydrogen (secondary N) is 2. The maximum Gasteiger partial charge on any atom is 0.355 e. The third kappa shape index (κ3) is 4.24. The summed E-state index contributed by atoms with van der Waals surface area (Å²) in [5.41, 5.74) is 0.542. The molecule has 1 atom stereocenters. The minimum Gasteiger partial charge on any atom is -0.448 e. The summed E-state index contributed by atoms with van der Waals surface area (Å²) in [5, 5.41) is 2.64. The molecule has 0 saturated carbocycles. The third-order valence-electron chi connectivity index (χ3n) is 2.39. The Hall–Kier alpha value is -2.11. The molecular formula is C13H18N2O4. The monoisotopic (exact) mass is 266 g/mol. The molecule has 1 aromatic heterocycles. The van der Waals surface area contributed by atoms with E-state index in [2.05, 4.69) is 10.3 Å². The maximum absolute atomic E-state index is 11.7. The fraction of sp³-hybridized carbons (Fsp3) is 0.462. The number of aromatic nitrogens is 1. The highest BCUT2D eigenvalue weighted by Gasteiger charge is 2.20. The van der Waals surface area contributed by atoms with E-state index in [4.69, 9.17) is 4.74 Å². The third-order valence-corrected chi connectivity index (χ3v) is 2.39. The van der Waals surface area contributed by atoms with Crippen molar-refractivity contribution >= 4 is 17.7 Å². The van der Waals surface area contributed by atoms with Crippen molar-refractivity contribution in [3.63, 3.8) is 0 Å². The standard InChI is InChI=1S/C13H18N2O4/c1-7(2)15-12(17)9(4)19-13(18)11-5-10(6-14-11)8(3)16/h5-7,9,14H,1-4H3,(H,15,17)/t9-/m0/s1. The van der Waals surface area contributed by atoms with Crippen LogP contribution in [0.5, 0.6) is 0 Å². The van der Waals surface area contributed by atoms with Crippen LogP contribution in [0.3, 0.4) is 0 Å². The first kappa shape index (κ1) is 14.9. The molecule has 0 saturated heterocycles. The SMILES string of the molecule is CC(=O)c1c[nH]c(C(=O)O[C@@H](C)C(=O)NC(C)C)c1. The summed E-state index contributed by atoms with van der Waals surface area (Å²) in [7, 11) is 0. The van der Waals surface area contributed by atoms with E-state index in [-0.39, 0.29) is 23.4 Å². The largest absolute Gasteiger partial charge is 0.448 e. The molecule has 0 aromatic carbocycles. The highest BCUT2D eigenvalue weighted by Crippen LogP contribution is 2.07. The zero-order valence-corrected chi connectivity index (χ0v) is 11.4. The van der Waals surface area contributed by atoms with E-state index >= 15 is 0 Å². The first-order valence-corrected chi connectivity index (χ1v) is 6.02. The number of Topliss-reactive ketones (excluding diaryl/α,β-unsaturated/α-hetero) is 1. The number of esters is 1. The number of carbonyl (C=O) groups is 3. The van der Waals surface area contributed by atoms with Crippen molar-refractivity contribution in [1.82, 2.24) is 10.3 Å². The molecule has 0 aliphatic carbocycles. The minimum atomic E-state index is -0.890. The van der Waals surface area contributed by atoms with Crippen LogP contribution in [0.2, 0.25) is 0 Å². The maximum atomic E-state index is 11.7. The van der Waals surface area contributed by atoms with Gasteiger partial charge in [-0.3, -0.25) is 9.59 Å². The Morgan fingerprint density at radius 1 is 1.26 bits per heavy atom. The van der Waals surface area contributed by atoms with Crippen LogP contribution in [0, 0.1) is 0 Å². The summed E-state index contributed by atoms with van der Waals surface area (Å²) in [6.45, 7) is 6.52. The predicted octanol–water partition coefficient (Wildman–Crippen LogP) is 1.29. The van der Waals surface area contributed by atoms with Gasteiger partial charge in [0.05, 0.1) is 0 Å². The van der Waals surface area contributed by atoms with Crippen LogP contribution in [0.15, 0.2) is 12.3 Å².